The van der Waals surface area contributed by atoms with Gasteiger partial charge in [0.15, 0.2) is 0 Å². The van der Waals surface area contributed by atoms with Crippen molar-refractivity contribution in [1.82, 2.24) is 0 Å². The third-order valence-electron chi connectivity index (χ3n) is 2.95. The lowest BCUT2D eigenvalue weighted by molar-refractivity contribution is 0.622. The standard InChI is InChI=1S/C12H16S/c1-9-4-5-11(10(2)8-9)12(3)6-7-13-12/h4-5,8H,6-7H2,1-3H3. The van der Waals surface area contributed by atoms with Crippen LogP contribution >= 0.6 is 11.8 Å². The van der Waals surface area contributed by atoms with Crippen molar-refractivity contribution in [2.24, 2.45) is 0 Å². The summed E-state index contributed by atoms with van der Waals surface area (Å²) in [4.78, 5) is 0. The van der Waals surface area contributed by atoms with Gasteiger partial charge in [-0.3, -0.25) is 0 Å². The first-order valence-electron chi connectivity index (χ1n) is 4.83. The van der Waals surface area contributed by atoms with Crippen LogP contribution in [0.15, 0.2) is 18.2 Å². The fourth-order valence-electron chi connectivity index (χ4n) is 2.03. The molecule has 13 heavy (non-hydrogen) atoms. The first-order chi connectivity index (χ1) is 6.12. The van der Waals surface area contributed by atoms with Gasteiger partial charge in [-0.15, -0.1) is 0 Å². The number of rotatable bonds is 1. The van der Waals surface area contributed by atoms with E-state index in [1.165, 1.54) is 28.9 Å². The minimum absolute atomic E-state index is 0.414. The van der Waals surface area contributed by atoms with E-state index in [1.54, 1.807) is 0 Å². The lowest BCUT2D eigenvalue weighted by Crippen LogP contribution is -2.28. The number of hydrogen-bond acceptors (Lipinski definition) is 1. The number of benzene rings is 1. The molecule has 1 atom stereocenters. The molecule has 0 bridgehead atoms. The fourth-order valence-corrected chi connectivity index (χ4v) is 3.23. The van der Waals surface area contributed by atoms with Gasteiger partial charge in [0.1, 0.15) is 0 Å². The van der Waals surface area contributed by atoms with Gasteiger partial charge >= 0.3 is 0 Å². The van der Waals surface area contributed by atoms with Crippen molar-refractivity contribution < 1.29 is 0 Å². The van der Waals surface area contributed by atoms with E-state index >= 15 is 0 Å². The maximum Gasteiger partial charge on any atom is 0.0390 e. The molecule has 1 aliphatic rings. The molecule has 0 aliphatic carbocycles. The van der Waals surface area contributed by atoms with Crippen LogP contribution in [-0.2, 0) is 4.75 Å². The maximum absolute atomic E-state index is 2.36. The first kappa shape index (κ1) is 9.14. The monoisotopic (exact) mass is 192 g/mol. The molecule has 0 spiro atoms. The van der Waals surface area contributed by atoms with E-state index in [-0.39, 0.29) is 0 Å². The smallest absolute Gasteiger partial charge is 0.0390 e. The van der Waals surface area contributed by atoms with Gasteiger partial charge in [0.05, 0.1) is 0 Å². The molecular weight excluding hydrogens is 176 g/mol. The Balaban J connectivity index is 2.40. The summed E-state index contributed by atoms with van der Waals surface area (Å²) in [5.74, 6) is 1.32. The predicted octanol–water partition coefficient (Wildman–Crippen LogP) is 3.66. The molecule has 2 rings (SSSR count). The van der Waals surface area contributed by atoms with Crippen molar-refractivity contribution in [3.8, 4) is 0 Å². The van der Waals surface area contributed by atoms with E-state index in [2.05, 4.69) is 50.7 Å². The van der Waals surface area contributed by atoms with Gasteiger partial charge in [0.25, 0.3) is 0 Å². The lowest BCUT2D eigenvalue weighted by Gasteiger charge is -2.39. The SMILES string of the molecule is Cc1ccc(C2(C)CCS2)c(C)c1. The summed E-state index contributed by atoms with van der Waals surface area (Å²) in [6, 6.07) is 6.82. The number of hydrogen-bond donors (Lipinski definition) is 0. The fraction of sp³-hybridized carbons (Fsp3) is 0.500. The molecule has 0 amide bonds. The van der Waals surface area contributed by atoms with Crippen LogP contribution in [0.2, 0.25) is 0 Å². The average Bonchev–Trinajstić information content (AvgIpc) is 2.00. The largest absolute Gasteiger partial charge is 0.151 e. The Morgan fingerprint density at radius 2 is 2.00 bits per heavy atom. The van der Waals surface area contributed by atoms with Crippen LogP contribution in [0.3, 0.4) is 0 Å². The number of aryl methyl sites for hydroxylation is 2. The summed E-state index contributed by atoms with van der Waals surface area (Å²) in [6.07, 6.45) is 1.33. The predicted molar refractivity (Wildman–Crippen MR) is 60.3 cm³/mol. The highest BCUT2D eigenvalue weighted by molar-refractivity contribution is 8.01. The van der Waals surface area contributed by atoms with E-state index in [9.17, 15) is 0 Å². The van der Waals surface area contributed by atoms with Crippen molar-refractivity contribution in [3.63, 3.8) is 0 Å². The summed E-state index contributed by atoms with van der Waals surface area (Å²) in [6.45, 7) is 6.75. The molecule has 0 N–H and O–H groups in total. The van der Waals surface area contributed by atoms with Crippen LogP contribution in [-0.4, -0.2) is 5.75 Å². The van der Waals surface area contributed by atoms with E-state index in [1.807, 2.05) is 0 Å². The highest BCUT2D eigenvalue weighted by Crippen LogP contribution is 2.49. The molecular formula is C12H16S. The first-order valence-corrected chi connectivity index (χ1v) is 5.82. The van der Waals surface area contributed by atoms with Gasteiger partial charge in [-0.2, -0.15) is 11.8 Å². The van der Waals surface area contributed by atoms with Crippen molar-refractivity contribution in [1.29, 1.82) is 0 Å². The van der Waals surface area contributed by atoms with Crippen LogP contribution in [0.5, 0.6) is 0 Å². The van der Waals surface area contributed by atoms with Gasteiger partial charge in [-0.1, -0.05) is 23.8 Å². The zero-order chi connectivity index (χ0) is 9.47. The normalized spacial score (nSPS) is 27.0. The van der Waals surface area contributed by atoms with E-state index in [0.717, 1.165) is 0 Å². The molecule has 0 nitrogen and oxygen atoms in total. The minimum atomic E-state index is 0.414. The molecule has 0 saturated carbocycles. The molecule has 1 aliphatic heterocycles. The Hall–Kier alpha value is -0.430. The molecule has 1 aromatic rings. The molecule has 1 fully saturated rings. The molecule has 1 aromatic carbocycles. The van der Waals surface area contributed by atoms with Gasteiger partial charge in [-0.25, -0.2) is 0 Å². The van der Waals surface area contributed by atoms with E-state index in [0.29, 0.717) is 4.75 Å². The van der Waals surface area contributed by atoms with Gasteiger partial charge in [-0.05, 0) is 44.1 Å². The quantitative estimate of drug-likeness (QED) is 0.654. The van der Waals surface area contributed by atoms with Crippen LogP contribution in [0.25, 0.3) is 0 Å². The van der Waals surface area contributed by atoms with E-state index < -0.39 is 0 Å². The second kappa shape index (κ2) is 3.06. The van der Waals surface area contributed by atoms with E-state index in [4.69, 9.17) is 0 Å². The van der Waals surface area contributed by atoms with Crippen molar-refractivity contribution >= 4 is 11.8 Å². The Bertz CT molecular complexity index is 324. The summed E-state index contributed by atoms with van der Waals surface area (Å²) in [7, 11) is 0. The second-order valence-corrected chi connectivity index (χ2v) is 5.75. The molecule has 70 valence electrons. The summed E-state index contributed by atoms with van der Waals surface area (Å²) in [5.41, 5.74) is 4.36. The molecule has 1 heterocycles. The Labute approximate surface area is 84.7 Å². The van der Waals surface area contributed by atoms with Crippen molar-refractivity contribution in [2.45, 2.75) is 31.9 Å². The van der Waals surface area contributed by atoms with Gasteiger partial charge in [0.2, 0.25) is 0 Å². The van der Waals surface area contributed by atoms with Crippen LogP contribution < -0.4 is 0 Å². The Kier molecular flexibility index (Phi) is 2.15. The third kappa shape index (κ3) is 1.50. The highest BCUT2D eigenvalue weighted by Gasteiger charge is 2.35. The summed E-state index contributed by atoms with van der Waals surface area (Å²) < 4.78 is 0.414. The van der Waals surface area contributed by atoms with Gasteiger partial charge < -0.3 is 0 Å². The molecule has 1 saturated heterocycles. The van der Waals surface area contributed by atoms with Crippen molar-refractivity contribution in [3.05, 3.63) is 34.9 Å². The minimum Gasteiger partial charge on any atom is -0.151 e. The van der Waals surface area contributed by atoms with Crippen LogP contribution in [0.4, 0.5) is 0 Å². The molecule has 1 heteroatoms. The van der Waals surface area contributed by atoms with Crippen LogP contribution in [0.1, 0.15) is 30.0 Å². The van der Waals surface area contributed by atoms with Crippen LogP contribution in [0, 0.1) is 13.8 Å². The Morgan fingerprint density at radius 3 is 2.46 bits per heavy atom. The molecule has 1 unspecified atom stereocenters. The zero-order valence-electron chi connectivity index (χ0n) is 8.55. The highest BCUT2D eigenvalue weighted by atomic mass is 32.2. The average molecular weight is 192 g/mol. The maximum atomic E-state index is 2.36. The number of thioether (sulfide) groups is 1. The Morgan fingerprint density at radius 1 is 1.31 bits per heavy atom. The lowest BCUT2D eigenvalue weighted by atomic mass is 9.91. The summed E-state index contributed by atoms with van der Waals surface area (Å²) >= 11 is 2.08. The third-order valence-corrected chi connectivity index (χ3v) is 4.42. The second-order valence-electron chi connectivity index (χ2n) is 4.15. The molecule has 0 radical (unpaired) electrons. The molecule has 0 aromatic heterocycles. The topological polar surface area (TPSA) is 0 Å². The van der Waals surface area contributed by atoms with Crippen molar-refractivity contribution in [2.75, 3.05) is 5.75 Å². The van der Waals surface area contributed by atoms with Gasteiger partial charge in [0, 0.05) is 4.75 Å². The zero-order valence-corrected chi connectivity index (χ0v) is 9.37. The summed E-state index contributed by atoms with van der Waals surface area (Å²) in [5, 5.41) is 0.